The third-order valence-electron chi connectivity index (χ3n) is 2.43. The monoisotopic (exact) mass is 291 g/mol. The van der Waals surface area contributed by atoms with Gasteiger partial charge in [-0.05, 0) is 29.8 Å². The molecule has 1 aromatic carbocycles. The first kappa shape index (κ1) is 11.8. The fourth-order valence-electron chi connectivity index (χ4n) is 1.64. The maximum Gasteiger partial charge on any atom is 0.317 e. The van der Waals surface area contributed by atoms with Crippen LogP contribution in [0.1, 0.15) is 17.2 Å². The van der Waals surface area contributed by atoms with Gasteiger partial charge in [0.25, 0.3) is 0 Å². The molecule has 17 heavy (non-hydrogen) atoms. The molecule has 3 nitrogen and oxygen atoms in total. The number of carboxylic acids is 1. The van der Waals surface area contributed by atoms with Gasteiger partial charge in [-0.25, -0.2) is 0 Å². The smallest absolute Gasteiger partial charge is 0.317 e. The van der Waals surface area contributed by atoms with Crippen LogP contribution in [0.5, 0.6) is 0 Å². The van der Waals surface area contributed by atoms with Crippen LogP contribution in [0.3, 0.4) is 0 Å². The molecule has 0 aliphatic heterocycles. The summed E-state index contributed by atoms with van der Waals surface area (Å²) in [7, 11) is 0. The quantitative estimate of drug-likeness (QED) is 0.946. The van der Waals surface area contributed by atoms with Gasteiger partial charge >= 0.3 is 5.97 Å². The van der Waals surface area contributed by atoms with Crippen molar-refractivity contribution < 1.29 is 9.90 Å². The van der Waals surface area contributed by atoms with Gasteiger partial charge in [0.1, 0.15) is 5.92 Å². The summed E-state index contributed by atoms with van der Waals surface area (Å²) in [5, 5.41) is 9.30. The number of carbonyl (C=O) groups is 1. The molecule has 0 aliphatic carbocycles. The Bertz CT molecular complexity index is 511. The summed E-state index contributed by atoms with van der Waals surface area (Å²) in [6.45, 7) is 0. The number of pyridine rings is 1. The van der Waals surface area contributed by atoms with Crippen LogP contribution in [0.15, 0.2) is 53.1 Å². The number of carboxylic acid groups (broad SMARTS) is 1. The van der Waals surface area contributed by atoms with Crippen molar-refractivity contribution in [3.63, 3.8) is 0 Å². The van der Waals surface area contributed by atoms with Crippen molar-refractivity contribution in [2.45, 2.75) is 5.92 Å². The van der Waals surface area contributed by atoms with E-state index in [4.69, 9.17) is 0 Å². The Kier molecular flexibility index (Phi) is 3.54. The predicted molar refractivity (Wildman–Crippen MR) is 67.9 cm³/mol. The molecule has 2 rings (SSSR count). The van der Waals surface area contributed by atoms with E-state index < -0.39 is 11.9 Å². The van der Waals surface area contributed by atoms with E-state index in [-0.39, 0.29) is 0 Å². The zero-order chi connectivity index (χ0) is 12.3. The largest absolute Gasteiger partial charge is 0.480 e. The van der Waals surface area contributed by atoms with Gasteiger partial charge in [-0.2, -0.15) is 0 Å². The maximum absolute atomic E-state index is 11.3. The van der Waals surface area contributed by atoms with Crippen molar-refractivity contribution in [3.05, 3.63) is 64.4 Å². The van der Waals surface area contributed by atoms with E-state index in [0.29, 0.717) is 5.69 Å². The first-order chi connectivity index (χ1) is 8.18. The predicted octanol–water partition coefficient (Wildman–Crippen LogP) is 3.06. The van der Waals surface area contributed by atoms with Gasteiger partial charge in [-0.1, -0.05) is 34.1 Å². The minimum Gasteiger partial charge on any atom is -0.480 e. The molecule has 4 heteroatoms. The molecular weight excluding hydrogens is 282 g/mol. The van der Waals surface area contributed by atoms with Crippen molar-refractivity contribution in [1.82, 2.24) is 4.98 Å². The van der Waals surface area contributed by atoms with Gasteiger partial charge in [-0.15, -0.1) is 0 Å². The highest BCUT2D eigenvalue weighted by atomic mass is 79.9. The van der Waals surface area contributed by atoms with Crippen LogP contribution in [0.2, 0.25) is 0 Å². The summed E-state index contributed by atoms with van der Waals surface area (Å²) >= 11 is 3.32. The van der Waals surface area contributed by atoms with Gasteiger partial charge in [0.05, 0.1) is 5.69 Å². The van der Waals surface area contributed by atoms with Crippen molar-refractivity contribution in [3.8, 4) is 0 Å². The Morgan fingerprint density at radius 3 is 2.41 bits per heavy atom. The lowest BCUT2D eigenvalue weighted by atomic mass is 9.95. The molecule has 0 fully saturated rings. The second-order valence-electron chi connectivity index (χ2n) is 3.58. The second-order valence-corrected chi connectivity index (χ2v) is 4.49. The van der Waals surface area contributed by atoms with Crippen LogP contribution in [-0.4, -0.2) is 16.1 Å². The molecule has 86 valence electrons. The van der Waals surface area contributed by atoms with E-state index in [1.54, 1.807) is 36.5 Å². The number of rotatable bonds is 3. The molecule has 1 unspecified atom stereocenters. The number of hydrogen-bond acceptors (Lipinski definition) is 2. The third kappa shape index (κ3) is 2.71. The minimum absolute atomic E-state index is 0.544. The minimum atomic E-state index is -0.897. The Hall–Kier alpha value is -1.68. The lowest BCUT2D eigenvalue weighted by Crippen LogP contribution is -2.14. The molecule has 1 heterocycles. The Balaban J connectivity index is 2.43. The first-order valence-electron chi connectivity index (χ1n) is 5.07. The molecule has 0 saturated carbocycles. The standard InChI is InChI=1S/C13H10BrNO2/c14-10-6-4-9(5-7-10)12(13(16)17)11-3-1-2-8-15-11/h1-8,12H,(H,16,17). The molecular formula is C13H10BrNO2. The van der Waals surface area contributed by atoms with Crippen LogP contribution in [0.25, 0.3) is 0 Å². The highest BCUT2D eigenvalue weighted by Gasteiger charge is 2.22. The van der Waals surface area contributed by atoms with Gasteiger partial charge in [0, 0.05) is 10.7 Å². The second kappa shape index (κ2) is 5.10. The van der Waals surface area contributed by atoms with Crippen LogP contribution in [-0.2, 0) is 4.79 Å². The van der Waals surface area contributed by atoms with E-state index in [9.17, 15) is 9.90 Å². The fourth-order valence-corrected chi connectivity index (χ4v) is 1.91. The normalized spacial score (nSPS) is 12.1. The molecule has 0 saturated heterocycles. The molecule has 0 bridgehead atoms. The van der Waals surface area contributed by atoms with Crippen molar-refractivity contribution in [1.29, 1.82) is 0 Å². The number of aliphatic carboxylic acids is 1. The van der Waals surface area contributed by atoms with Gasteiger partial charge < -0.3 is 5.11 Å². The van der Waals surface area contributed by atoms with E-state index in [1.807, 2.05) is 12.1 Å². The number of benzene rings is 1. The number of nitrogens with zero attached hydrogens (tertiary/aromatic N) is 1. The highest BCUT2D eigenvalue weighted by molar-refractivity contribution is 9.10. The summed E-state index contributed by atoms with van der Waals surface area (Å²) in [5.74, 6) is -1.62. The molecule has 1 aromatic heterocycles. The van der Waals surface area contributed by atoms with E-state index >= 15 is 0 Å². The average molecular weight is 292 g/mol. The zero-order valence-electron chi connectivity index (χ0n) is 8.88. The van der Waals surface area contributed by atoms with Gasteiger partial charge in [0.2, 0.25) is 0 Å². The van der Waals surface area contributed by atoms with E-state index in [1.165, 1.54) is 0 Å². The average Bonchev–Trinajstić information content (AvgIpc) is 2.33. The van der Waals surface area contributed by atoms with Crippen molar-refractivity contribution in [2.75, 3.05) is 0 Å². The maximum atomic E-state index is 11.3. The molecule has 1 N–H and O–H groups in total. The van der Waals surface area contributed by atoms with Crippen molar-refractivity contribution >= 4 is 21.9 Å². The summed E-state index contributed by atoms with van der Waals surface area (Å²) in [6.07, 6.45) is 1.60. The molecule has 0 radical (unpaired) electrons. The highest BCUT2D eigenvalue weighted by Crippen LogP contribution is 2.24. The number of halogens is 1. The lowest BCUT2D eigenvalue weighted by molar-refractivity contribution is -0.137. The van der Waals surface area contributed by atoms with Gasteiger partial charge in [-0.3, -0.25) is 9.78 Å². The van der Waals surface area contributed by atoms with Crippen LogP contribution in [0, 0.1) is 0 Å². The lowest BCUT2D eigenvalue weighted by Gasteiger charge is -2.12. The summed E-state index contributed by atoms with van der Waals surface area (Å²) in [4.78, 5) is 15.4. The number of aromatic nitrogens is 1. The molecule has 1 atom stereocenters. The van der Waals surface area contributed by atoms with Crippen LogP contribution >= 0.6 is 15.9 Å². The van der Waals surface area contributed by atoms with Crippen molar-refractivity contribution in [2.24, 2.45) is 0 Å². The molecule has 0 spiro atoms. The SMILES string of the molecule is O=C(O)C(c1ccc(Br)cc1)c1ccccn1. The summed E-state index contributed by atoms with van der Waals surface area (Å²) in [5.41, 5.74) is 1.27. The van der Waals surface area contributed by atoms with E-state index in [2.05, 4.69) is 20.9 Å². The summed E-state index contributed by atoms with van der Waals surface area (Å²) in [6, 6.07) is 12.5. The van der Waals surface area contributed by atoms with Gasteiger partial charge in [0.15, 0.2) is 0 Å². The molecule has 0 amide bonds. The summed E-state index contributed by atoms with van der Waals surface area (Å²) < 4.78 is 0.923. The van der Waals surface area contributed by atoms with E-state index in [0.717, 1.165) is 10.0 Å². The van der Waals surface area contributed by atoms with Crippen LogP contribution < -0.4 is 0 Å². The molecule has 2 aromatic rings. The topological polar surface area (TPSA) is 50.2 Å². The van der Waals surface area contributed by atoms with Crippen LogP contribution in [0.4, 0.5) is 0 Å². The fraction of sp³-hybridized carbons (Fsp3) is 0.0769. The first-order valence-corrected chi connectivity index (χ1v) is 5.87. The Labute approximate surface area is 107 Å². The Morgan fingerprint density at radius 2 is 1.88 bits per heavy atom. The zero-order valence-corrected chi connectivity index (χ0v) is 10.5. The molecule has 0 aliphatic rings. The number of hydrogen-bond donors (Lipinski definition) is 1. The third-order valence-corrected chi connectivity index (χ3v) is 2.96. The Morgan fingerprint density at radius 1 is 1.18 bits per heavy atom.